The summed E-state index contributed by atoms with van der Waals surface area (Å²) in [6.45, 7) is 7.70. The van der Waals surface area contributed by atoms with E-state index in [1.165, 1.54) is 0 Å². The van der Waals surface area contributed by atoms with Crippen molar-refractivity contribution >= 4 is 35.0 Å². The van der Waals surface area contributed by atoms with E-state index in [1.54, 1.807) is 13.8 Å². The first-order chi connectivity index (χ1) is 15.3. The number of nitrogen functional groups attached to an aromatic ring is 1. The largest absolute Gasteiger partial charge is 0.472 e. The van der Waals surface area contributed by atoms with Crippen LogP contribution >= 0.6 is 11.6 Å². The molecule has 1 saturated heterocycles. The minimum absolute atomic E-state index is 0.219. The topological polar surface area (TPSA) is 112 Å². The van der Waals surface area contributed by atoms with E-state index < -0.39 is 11.6 Å². The van der Waals surface area contributed by atoms with Crippen molar-refractivity contribution < 1.29 is 19.0 Å². The molecule has 1 fully saturated rings. The van der Waals surface area contributed by atoms with Gasteiger partial charge in [0.05, 0.1) is 31.5 Å². The van der Waals surface area contributed by atoms with Gasteiger partial charge in [0.15, 0.2) is 0 Å². The number of hydrogen-bond donors (Lipinski definition) is 2. The van der Waals surface area contributed by atoms with Crippen LogP contribution in [0.2, 0.25) is 5.02 Å². The first kappa shape index (κ1) is 22.4. The van der Waals surface area contributed by atoms with Crippen molar-refractivity contribution in [1.82, 2.24) is 9.97 Å². The lowest BCUT2D eigenvalue weighted by molar-refractivity contribution is -0.159. The predicted molar refractivity (Wildman–Crippen MR) is 122 cm³/mol. The Hall–Kier alpha value is -2.78. The van der Waals surface area contributed by atoms with Crippen LogP contribution in [0.4, 0.5) is 17.5 Å². The van der Waals surface area contributed by atoms with Gasteiger partial charge in [-0.25, -0.2) is 9.78 Å². The fraction of sp³-hybridized carbons (Fsp3) is 0.500. The zero-order valence-electron chi connectivity index (χ0n) is 18.5. The van der Waals surface area contributed by atoms with Gasteiger partial charge in [0.1, 0.15) is 11.6 Å². The van der Waals surface area contributed by atoms with Crippen molar-refractivity contribution in [2.45, 2.75) is 38.8 Å². The monoisotopic (exact) mass is 461 g/mol. The maximum atomic E-state index is 12.5. The summed E-state index contributed by atoms with van der Waals surface area (Å²) in [7, 11) is 0. The maximum Gasteiger partial charge on any atom is 0.352 e. The zero-order chi connectivity index (χ0) is 22.9. The number of nitrogens with one attached hydrogen (secondary N) is 1. The molecule has 0 spiro atoms. The highest BCUT2D eigenvalue weighted by Crippen LogP contribution is 2.42. The van der Waals surface area contributed by atoms with Crippen LogP contribution in [0.5, 0.6) is 5.75 Å². The number of nitrogens with zero attached hydrogens (tertiary/aromatic N) is 3. The second kappa shape index (κ2) is 8.99. The molecule has 0 bridgehead atoms. The van der Waals surface area contributed by atoms with Gasteiger partial charge in [0.2, 0.25) is 11.5 Å². The summed E-state index contributed by atoms with van der Waals surface area (Å²) < 4.78 is 17.2. The quantitative estimate of drug-likeness (QED) is 0.663. The lowest BCUT2D eigenvalue weighted by Gasteiger charge is -2.36. The number of ether oxygens (including phenoxy) is 3. The van der Waals surface area contributed by atoms with Gasteiger partial charge in [0.25, 0.3) is 0 Å². The lowest BCUT2D eigenvalue weighted by Crippen LogP contribution is -2.51. The van der Waals surface area contributed by atoms with E-state index in [0.29, 0.717) is 30.5 Å². The van der Waals surface area contributed by atoms with Crippen LogP contribution in [0.15, 0.2) is 18.2 Å². The minimum Gasteiger partial charge on any atom is -0.472 e. The third kappa shape index (κ3) is 4.40. The van der Waals surface area contributed by atoms with Gasteiger partial charge in [-0.15, -0.1) is 0 Å². The number of rotatable bonds is 4. The third-order valence-corrected chi connectivity index (χ3v) is 5.94. The number of aryl methyl sites for hydroxylation is 1. The van der Waals surface area contributed by atoms with Crippen molar-refractivity contribution in [2.24, 2.45) is 0 Å². The molecule has 172 valence electrons. The molecular formula is C22H28ClN5O4. The molecule has 32 heavy (non-hydrogen) atoms. The van der Waals surface area contributed by atoms with Gasteiger partial charge < -0.3 is 30.2 Å². The Bertz CT molecular complexity index is 1000. The van der Waals surface area contributed by atoms with Gasteiger partial charge in [-0.1, -0.05) is 11.6 Å². The molecule has 10 heteroatoms. The molecule has 1 aromatic heterocycles. The van der Waals surface area contributed by atoms with Crippen molar-refractivity contribution in [3.8, 4) is 5.75 Å². The van der Waals surface area contributed by atoms with Crippen LogP contribution in [0.1, 0.15) is 37.6 Å². The molecule has 0 amide bonds. The number of aromatic nitrogens is 2. The van der Waals surface area contributed by atoms with Crippen molar-refractivity contribution in [2.75, 3.05) is 48.9 Å². The number of hydrogen-bond acceptors (Lipinski definition) is 9. The molecule has 2 aromatic rings. The Morgan fingerprint density at radius 3 is 2.97 bits per heavy atom. The molecular weight excluding hydrogens is 434 g/mol. The van der Waals surface area contributed by atoms with Crippen molar-refractivity contribution in [1.29, 1.82) is 0 Å². The van der Waals surface area contributed by atoms with Gasteiger partial charge in [-0.2, -0.15) is 4.98 Å². The van der Waals surface area contributed by atoms with Crippen molar-refractivity contribution in [3.63, 3.8) is 0 Å². The normalized spacial score (nSPS) is 22.9. The molecule has 0 aliphatic carbocycles. The molecule has 9 nitrogen and oxygen atoms in total. The van der Waals surface area contributed by atoms with Gasteiger partial charge in [-0.3, -0.25) is 0 Å². The van der Waals surface area contributed by atoms with Crippen LogP contribution < -0.4 is 20.7 Å². The van der Waals surface area contributed by atoms with Crippen LogP contribution in [0.25, 0.3) is 0 Å². The second-order valence-corrected chi connectivity index (χ2v) is 8.55. The number of carbonyl (C=O) groups excluding carboxylic acids is 1. The Morgan fingerprint density at radius 1 is 1.41 bits per heavy atom. The van der Waals surface area contributed by atoms with Gasteiger partial charge >= 0.3 is 5.97 Å². The summed E-state index contributed by atoms with van der Waals surface area (Å²) in [6.07, 6.45) is 0.834. The summed E-state index contributed by atoms with van der Waals surface area (Å²) in [5.41, 5.74) is 7.11. The highest BCUT2D eigenvalue weighted by molar-refractivity contribution is 6.31. The average molecular weight is 462 g/mol. The number of carbonyl (C=O) groups is 1. The van der Waals surface area contributed by atoms with E-state index in [-0.39, 0.29) is 25.1 Å². The molecule has 3 N–H and O–H groups in total. The van der Waals surface area contributed by atoms with E-state index >= 15 is 0 Å². The Morgan fingerprint density at radius 2 is 2.22 bits per heavy atom. The molecule has 2 aliphatic heterocycles. The van der Waals surface area contributed by atoms with E-state index in [4.69, 9.17) is 31.5 Å². The summed E-state index contributed by atoms with van der Waals surface area (Å²) in [5.74, 6) is 1.06. The molecule has 2 aliphatic rings. The lowest BCUT2D eigenvalue weighted by atomic mass is 10.0. The third-order valence-electron chi connectivity index (χ3n) is 5.61. The molecule has 0 radical (unpaired) electrons. The molecule has 1 aromatic carbocycles. The van der Waals surface area contributed by atoms with E-state index in [9.17, 15) is 4.79 Å². The standard InChI is InChI=1S/C22H28ClN5O4/c1-4-31-20(29)22(3)12-25-16-10-15(23)14(9-18(16)32-22)17-11-30-7-5-6-28(17)19-8-13(2)26-21(24)27-19/h8-10,17,25H,4-7,11-12H2,1-3H3,(H2,24,26,27)/t17-,22-/m1/s1. The molecule has 3 heterocycles. The smallest absolute Gasteiger partial charge is 0.352 e. The minimum atomic E-state index is -1.13. The second-order valence-electron chi connectivity index (χ2n) is 8.14. The highest BCUT2D eigenvalue weighted by Gasteiger charge is 2.41. The number of esters is 1. The van der Waals surface area contributed by atoms with Crippen LogP contribution in [-0.2, 0) is 14.3 Å². The van der Waals surface area contributed by atoms with E-state index in [2.05, 4.69) is 20.2 Å². The number of fused-ring (bicyclic) bond motifs is 1. The summed E-state index contributed by atoms with van der Waals surface area (Å²) in [5, 5.41) is 3.81. The highest BCUT2D eigenvalue weighted by atomic mass is 35.5. The summed E-state index contributed by atoms with van der Waals surface area (Å²) in [4.78, 5) is 23.2. The number of anilines is 3. The number of nitrogens with two attached hydrogens (primary N) is 1. The van der Waals surface area contributed by atoms with Crippen LogP contribution in [-0.4, -0.2) is 54.4 Å². The number of halogens is 1. The van der Waals surface area contributed by atoms with E-state index in [1.807, 2.05) is 25.1 Å². The van der Waals surface area contributed by atoms with Gasteiger partial charge in [-0.05, 0) is 44.9 Å². The van der Waals surface area contributed by atoms with Gasteiger partial charge in [0, 0.05) is 29.9 Å². The first-order valence-corrected chi connectivity index (χ1v) is 11.1. The molecule has 0 saturated carbocycles. The Labute approximate surface area is 192 Å². The molecule has 0 unspecified atom stereocenters. The molecule has 4 rings (SSSR count). The fourth-order valence-corrected chi connectivity index (χ4v) is 4.31. The Kier molecular flexibility index (Phi) is 6.30. The maximum absolute atomic E-state index is 12.5. The first-order valence-electron chi connectivity index (χ1n) is 10.7. The Balaban J connectivity index is 1.72. The number of benzene rings is 1. The van der Waals surface area contributed by atoms with Crippen LogP contribution in [0.3, 0.4) is 0 Å². The van der Waals surface area contributed by atoms with E-state index in [0.717, 1.165) is 29.2 Å². The predicted octanol–water partition coefficient (Wildman–Crippen LogP) is 3.11. The fourth-order valence-electron chi connectivity index (χ4n) is 4.02. The summed E-state index contributed by atoms with van der Waals surface area (Å²) >= 11 is 6.72. The average Bonchev–Trinajstić information content (AvgIpc) is 2.99. The van der Waals surface area contributed by atoms with Crippen LogP contribution in [0, 0.1) is 6.92 Å². The molecule has 2 atom stereocenters. The SMILES string of the molecule is CCOC(=O)[C@@]1(C)CNc2cc(Cl)c([C@H]3COCCCN3c3cc(C)nc(N)n3)cc2O1. The zero-order valence-corrected chi connectivity index (χ0v) is 19.2. The summed E-state index contributed by atoms with van der Waals surface area (Å²) in [6, 6.07) is 5.37. The van der Waals surface area contributed by atoms with Crippen molar-refractivity contribution in [3.05, 3.63) is 34.5 Å².